The zero-order valence-corrected chi connectivity index (χ0v) is 18.7. The van der Waals surface area contributed by atoms with Crippen molar-refractivity contribution < 1.29 is 46.3 Å². The number of rotatable bonds is 9. The van der Waals surface area contributed by atoms with Crippen molar-refractivity contribution in [2.75, 3.05) is 7.11 Å². The molecule has 0 aliphatic rings. The normalized spacial score (nSPS) is 13.1. The number of halogens is 3. The molecule has 3 aromatic rings. The van der Waals surface area contributed by atoms with Gasteiger partial charge in [-0.25, -0.2) is 4.57 Å². The molecule has 0 heterocycles. The lowest BCUT2D eigenvalue weighted by atomic mass is 10.0. The lowest BCUT2D eigenvalue weighted by Crippen LogP contribution is -2.06. The molecule has 0 fully saturated rings. The number of ketones is 1. The van der Waals surface area contributed by atoms with E-state index in [-0.39, 0.29) is 29.5 Å². The van der Waals surface area contributed by atoms with E-state index in [0.29, 0.717) is 23.6 Å². The van der Waals surface area contributed by atoms with Gasteiger partial charge in [-0.2, -0.15) is 13.2 Å². The van der Waals surface area contributed by atoms with Crippen LogP contribution in [0.2, 0.25) is 0 Å². The van der Waals surface area contributed by atoms with E-state index in [9.17, 15) is 32.5 Å². The number of carbonyl (C=O) groups is 1. The molecule has 0 amide bonds. The Bertz CT molecular complexity index is 1230. The van der Waals surface area contributed by atoms with Gasteiger partial charge < -0.3 is 18.9 Å². The first-order valence-corrected chi connectivity index (χ1v) is 11.3. The minimum Gasteiger partial charge on any atom is -0.508 e. The summed E-state index contributed by atoms with van der Waals surface area (Å²) in [5.41, 5.74) is -0.0312. The van der Waals surface area contributed by atoms with Crippen LogP contribution in [0.3, 0.4) is 0 Å². The van der Waals surface area contributed by atoms with Crippen molar-refractivity contribution in [1.29, 1.82) is 0 Å². The Kier molecular flexibility index (Phi) is 7.54. The van der Waals surface area contributed by atoms with E-state index in [4.69, 9.17) is 13.8 Å². The molecule has 34 heavy (non-hydrogen) atoms. The molecule has 0 aromatic heterocycles. The van der Waals surface area contributed by atoms with Gasteiger partial charge in [0.25, 0.3) is 0 Å². The molecular formula is C23H20F3O7P. The number of aromatic hydroxyl groups is 1. The van der Waals surface area contributed by atoms with Gasteiger partial charge in [0.15, 0.2) is 17.3 Å². The highest BCUT2D eigenvalue weighted by atomic mass is 31.2. The largest absolute Gasteiger partial charge is 0.585 e. The SMILES string of the molecule is COc1cc(CCC(=O)c2cccc(O)c2)ccc1OP(=O)(O)Oc1cccc(C(F)(F)F)c1. The first kappa shape index (κ1) is 25.1. The molecular weight excluding hydrogens is 476 g/mol. The fourth-order valence-electron chi connectivity index (χ4n) is 3.03. The van der Waals surface area contributed by atoms with Crippen LogP contribution in [0.15, 0.2) is 66.7 Å². The van der Waals surface area contributed by atoms with E-state index in [2.05, 4.69) is 0 Å². The number of carbonyl (C=O) groups excluding carboxylic acids is 1. The van der Waals surface area contributed by atoms with Gasteiger partial charge in [0, 0.05) is 12.0 Å². The summed E-state index contributed by atoms with van der Waals surface area (Å²) in [6.07, 6.45) is -4.21. The second-order valence-electron chi connectivity index (χ2n) is 7.14. The number of hydrogen-bond donors (Lipinski definition) is 2. The topological polar surface area (TPSA) is 102 Å². The molecule has 0 radical (unpaired) electrons. The molecule has 3 rings (SSSR count). The molecule has 180 valence electrons. The Hall–Kier alpha value is -3.49. The van der Waals surface area contributed by atoms with Crippen molar-refractivity contribution in [1.82, 2.24) is 0 Å². The fourth-order valence-corrected chi connectivity index (χ4v) is 3.85. The van der Waals surface area contributed by atoms with E-state index < -0.39 is 25.3 Å². The maximum atomic E-state index is 12.8. The summed E-state index contributed by atoms with van der Waals surface area (Å²) in [4.78, 5) is 22.4. The molecule has 0 spiro atoms. The first-order valence-electron chi connectivity index (χ1n) is 9.85. The number of phenols is 1. The van der Waals surface area contributed by atoms with Gasteiger partial charge in [-0.15, -0.1) is 0 Å². The number of phosphoric acid groups is 1. The van der Waals surface area contributed by atoms with Crippen LogP contribution in [0.25, 0.3) is 0 Å². The van der Waals surface area contributed by atoms with Gasteiger partial charge in [0.05, 0.1) is 12.7 Å². The average Bonchev–Trinajstić information content (AvgIpc) is 2.77. The van der Waals surface area contributed by atoms with Crippen LogP contribution in [0.1, 0.15) is 27.9 Å². The van der Waals surface area contributed by atoms with Gasteiger partial charge in [-0.3, -0.25) is 9.69 Å². The number of ether oxygens (including phenoxy) is 1. The van der Waals surface area contributed by atoms with E-state index in [0.717, 1.165) is 18.2 Å². The van der Waals surface area contributed by atoms with E-state index in [1.54, 1.807) is 12.1 Å². The molecule has 0 saturated carbocycles. The molecule has 3 aromatic carbocycles. The summed E-state index contributed by atoms with van der Waals surface area (Å²) in [7, 11) is -3.57. The van der Waals surface area contributed by atoms with Crippen molar-refractivity contribution in [2.45, 2.75) is 19.0 Å². The predicted molar refractivity (Wildman–Crippen MR) is 116 cm³/mol. The summed E-state index contributed by atoms with van der Waals surface area (Å²) in [5.74, 6) is -0.825. The molecule has 0 aliphatic carbocycles. The van der Waals surface area contributed by atoms with Crippen molar-refractivity contribution in [3.05, 3.63) is 83.4 Å². The number of hydrogen-bond acceptors (Lipinski definition) is 6. The summed E-state index contributed by atoms with van der Waals surface area (Å²) in [6.45, 7) is 0. The Morgan fingerprint density at radius 3 is 2.38 bits per heavy atom. The van der Waals surface area contributed by atoms with Crippen LogP contribution in [-0.2, 0) is 17.2 Å². The van der Waals surface area contributed by atoms with Gasteiger partial charge in [-0.1, -0.05) is 24.3 Å². The summed E-state index contributed by atoms with van der Waals surface area (Å²) in [5, 5.41) is 9.49. The number of benzene rings is 3. The molecule has 1 atom stereocenters. The lowest BCUT2D eigenvalue weighted by Gasteiger charge is -2.17. The molecule has 11 heteroatoms. The van der Waals surface area contributed by atoms with E-state index in [1.807, 2.05) is 0 Å². The van der Waals surface area contributed by atoms with Crippen LogP contribution in [0.5, 0.6) is 23.0 Å². The second kappa shape index (κ2) is 10.2. The number of aryl methyl sites for hydroxylation is 1. The van der Waals surface area contributed by atoms with E-state index >= 15 is 0 Å². The third-order valence-corrected chi connectivity index (χ3v) is 5.50. The maximum absolute atomic E-state index is 12.8. The highest BCUT2D eigenvalue weighted by Gasteiger charge is 2.32. The summed E-state index contributed by atoms with van der Waals surface area (Å²) in [6, 6.07) is 13.8. The first-order chi connectivity index (χ1) is 16.0. The highest BCUT2D eigenvalue weighted by molar-refractivity contribution is 7.48. The zero-order valence-electron chi connectivity index (χ0n) is 17.8. The fraction of sp³-hybridized carbons (Fsp3) is 0.174. The smallest absolute Gasteiger partial charge is 0.508 e. The Balaban J connectivity index is 1.69. The zero-order chi connectivity index (χ0) is 24.9. The molecule has 2 N–H and O–H groups in total. The van der Waals surface area contributed by atoms with Crippen LogP contribution in [-0.4, -0.2) is 22.9 Å². The van der Waals surface area contributed by atoms with Gasteiger partial charge in [0.1, 0.15) is 11.5 Å². The number of Topliss-reactive ketones (excluding diaryl/α,β-unsaturated/α-hetero) is 1. The Labute approximate surface area is 193 Å². The third kappa shape index (κ3) is 6.76. The molecule has 0 aliphatic heterocycles. The van der Waals surface area contributed by atoms with Crippen molar-refractivity contribution >= 4 is 13.6 Å². The maximum Gasteiger partial charge on any atom is 0.585 e. The van der Waals surface area contributed by atoms with Crippen LogP contribution in [0, 0.1) is 0 Å². The number of phosphoric ester groups is 1. The monoisotopic (exact) mass is 496 g/mol. The minimum absolute atomic E-state index is 0.0187. The number of alkyl halides is 3. The summed E-state index contributed by atoms with van der Waals surface area (Å²) < 4.78 is 65.9. The number of phenolic OH excluding ortho intramolecular Hbond substituents is 1. The second-order valence-corrected chi connectivity index (χ2v) is 8.44. The van der Waals surface area contributed by atoms with E-state index in [1.165, 1.54) is 37.4 Å². The van der Waals surface area contributed by atoms with Crippen molar-refractivity contribution in [3.63, 3.8) is 0 Å². The molecule has 0 bridgehead atoms. The van der Waals surface area contributed by atoms with Crippen LogP contribution < -0.4 is 13.8 Å². The molecule has 7 nitrogen and oxygen atoms in total. The third-order valence-electron chi connectivity index (χ3n) is 4.63. The number of methoxy groups -OCH3 is 1. The highest BCUT2D eigenvalue weighted by Crippen LogP contribution is 2.47. The van der Waals surface area contributed by atoms with Crippen molar-refractivity contribution in [3.8, 4) is 23.0 Å². The standard InChI is InChI=1S/C23H20F3O7P/c1-31-22-12-15(8-10-20(28)16-4-2-6-18(27)13-16)9-11-21(22)33-34(29,30)32-19-7-3-5-17(14-19)23(24,25)26/h2-7,9,11-14,27H,8,10H2,1H3,(H,29,30). The van der Waals surface area contributed by atoms with Crippen LogP contribution in [0.4, 0.5) is 13.2 Å². The average molecular weight is 496 g/mol. The Morgan fingerprint density at radius 2 is 1.71 bits per heavy atom. The van der Waals surface area contributed by atoms with Crippen LogP contribution >= 0.6 is 7.82 Å². The minimum atomic E-state index is -4.86. The molecule has 1 unspecified atom stereocenters. The van der Waals surface area contributed by atoms with Gasteiger partial charge in [0.2, 0.25) is 0 Å². The molecule has 0 saturated heterocycles. The lowest BCUT2D eigenvalue weighted by molar-refractivity contribution is -0.137. The van der Waals surface area contributed by atoms with Crippen molar-refractivity contribution in [2.24, 2.45) is 0 Å². The van der Waals surface area contributed by atoms with Gasteiger partial charge in [-0.05, 0) is 54.4 Å². The quantitative estimate of drug-likeness (QED) is 0.285. The summed E-state index contributed by atoms with van der Waals surface area (Å²) >= 11 is 0. The van der Waals surface area contributed by atoms with Gasteiger partial charge >= 0.3 is 14.0 Å². The predicted octanol–water partition coefficient (Wildman–Crippen LogP) is 5.79. The Morgan fingerprint density at radius 1 is 0.971 bits per heavy atom.